The third-order valence-electron chi connectivity index (χ3n) is 1.87. The molecule has 2 aromatic heterocycles. The Kier molecular flexibility index (Phi) is 1.78. The first-order valence-corrected chi connectivity index (χ1v) is 3.92. The van der Waals surface area contributed by atoms with Gasteiger partial charge in [-0.2, -0.15) is 0 Å². The van der Waals surface area contributed by atoms with E-state index in [2.05, 4.69) is 9.97 Å². The Morgan fingerprint density at radius 2 is 2.21 bits per heavy atom. The molecule has 0 bridgehead atoms. The Balaban J connectivity index is 2.81. The van der Waals surface area contributed by atoms with E-state index in [1.807, 2.05) is 0 Å². The molecule has 0 aliphatic rings. The average Bonchev–Trinajstić information content (AvgIpc) is 2.18. The fourth-order valence-electron chi connectivity index (χ4n) is 1.22. The first-order chi connectivity index (χ1) is 6.70. The number of nitrogens with two attached hydrogens (primary N) is 1. The number of amides is 1. The number of fused-ring (bicyclic) bond motifs is 1. The summed E-state index contributed by atoms with van der Waals surface area (Å²) in [6, 6.07) is 3.30. The Morgan fingerprint density at radius 3 is 2.93 bits per heavy atom. The van der Waals surface area contributed by atoms with E-state index in [1.165, 1.54) is 6.20 Å². The lowest BCUT2D eigenvalue weighted by Crippen LogP contribution is -2.13. The highest BCUT2D eigenvalue weighted by molar-refractivity contribution is 5.99. The molecular formula is C9H7N3O2. The molecule has 14 heavy (non-hydrogen) atoms. The fourth-order valence-corrected chi connectivity index (χ4v) is 1.22. The van der Waals surface area contributed by atoms with Gasteiger partial charge in [-0.05, 0) is 12.1 Å². The number of nitrogens with zero attached hydrogens (tertiary/aromatic N) is 2. The molecule has 0 aliphatic heterocycles. The van der Waals surface area contributed by atoms with Crippen LogP contribution in [-0.2, 0) is 0 Å². The summed E-state index contributed by atoms with van der Waals surface area (Å²) in [6.07, 6.45) is 2.97. The van der Waals surface area contributed by atoms with E-state index >= 15 is 0 Å². The maximum Gasteiger partial charge on any atom is 0.271 e. The van der Waals surface area contributed by atoms with Crippen LogP contribution in [0.15, 0.2) is 24.5 Å². The Bertz CT molecular complexity index is 510. The van der Waals surface area contributed by atoms with Crippen LogP contribution in [0.25, 0.3) is 10.9 Å². The van der Waals surface area contributed by atoms with E-state index in [-0.39, 0.29) is 11.4 Å². The van der Waals surface area contributed by atoms with Gasteiger partial charge in [-0.25, -0.2) is 4.98 Å². The maximum atomic E-state index is 10.8. The molecule has 2 rings (SSSR count). The number of carbonyl (C=O) groups is 1. The van der Waals surface area contributed by atoms with E-state index in [0.29, 0.717) is 10.9 Å². The van der Waals surface area contributed by atoms with Crippen molar-refractivity contribution in [2.75, 3.05) is 0 Å². The minimum absolute atomic E-state index is 0.134. The van der Waals surface area contributed by atoms with Crippen LogP contribution in [0.2, 0.25) is 0 Å². The van der Waals surface area contributed by atoms with Crippen LogP contribution >= 0.6 is 0 Å². The molecule has 0 aromatic carbocycles. The maximum absolute atomic E-state index is 10.8. The molecule has 5 nitrogen and oxygen atoms in total. The van der Waals surface area contributed by atoms with Crippen molar-refractivity contribution in [3.8, 4) is 5.75 Å². The minimum Gasteiger partial charge on any atom is -0.505 e. The normalized spacial score (nSPS) is 10.3. The summed E-state index contributed by atoms with van der Waals surface area (Å²) in [5.74, 6) is -0.976. The summed E-state index contributed by atoms with van der Waals surface area (Å²) in [5, 5.41) is 10.1. The lowest BCUT2D eigenvalue weighted by atomic mass is 10.2. The molecular weight excluding hydrogens is 182 g/mol. The van der Waals surface area contributed by atoms with Gasteiger partial charge in [-0.1, -0.05) is 0 Å². The van der Waals surface area contributed by atoms with Crippen molar-refractivity contribution in [1.82, 2.24) is 9.97 Å². The second-order valence-electron chi connectivity index (χ2n) is 2.76. The number of rotatable bonds is 1. The molecule has 0 spiro atoms. The molecule has 0 fully saturated rings. The van der Waals surface area contributed by atoms with Crippen molar-refractivity contribution < 1.29 is 9.90 Å². The van der Waals surface area contributed by atoms with Gasteiger partial charge in [0.25, 0.3) is 5.91 Å². The van der Waals surface area contributed by atoms with Gasteiger partial charge >= 0.3 is 0 Å². The van der Waals surface area contributed by atoms with Gasteiger partial charge in [-0.15, -0.1) is 0 Å². The van der Waals surface area contributed by atoms with Crippen molar-refractivity contribution in [2.45, 2.75) is 0 Å². The van der Waals surface area contributed by atoms with Crippen LogP contribution in [-0.4, -0.2) is 21.0 Å². The third kappa shape index (κ3) is 1.15. The third-order valence-corrected chi connectivity index (χ3v) is 1.87. The molecule has 2 aromatic rings. The SMILES string of the molecule is NC(=O)c1ncc2ncccc2c1O. The zero-order valence-electron chi connectivity index (χ0n) is 7.14. The highest BCUT2D eigenvalue weighted by atomic mass is 16.3. The summed E-state index contributed by atoms with van der Waals surface area (Å²) < 4.78 is 0. The van der Waals surface area contributed by atoms with Gasteiger partial charge in [0.1, 0.15) is 0 Å². The summed E-state index contributed by atoms with van der Waals surface area (Å²) in [6.45, 7) is 0. The lowest BCUT2D eigenvalue weighted by Gasteiger charge is -2.02. The zero-order chi connectivity index (χ0) is 10.1. The summed E-state index contributed by atoms with van der Waals surface area (Å²) in [7, 11) is 0. The van der Waals surface area contributed by atoms with Gasteiger partial charge in [0.15, 0.2) is 11.4 Å². The average molecular weight is 189 g/mol. The van der Waals surface area contributed by atoms with Gasteiger partial charge in [0, 0.05) is 11.6 Å². The van der Waals surface area contributed by atoms with Crippen LogP contribution in [0.5, 0.6) is 5.75 Å². The predicted octanol–water partition coefficient (Wildman–Crippen LogP) is 0.434. The van der Waals surface area contributed by atoms with Crippen molar-refractivity contribution in [3.05, 3.63) is 30.2 Å². The molecule has 0 atom stereocenters. The summed E-state index contributed by atoms with van der Waals surface area (Å²) >= 11 is 0. The number of primary amides is 1. The van der Waals surface area contributed by atoms with Crippen LogP contribution in [0.4, 0.5) is 0 Å². The fraction of sp³-hybridized carbons (Fsp3) is 0. The number of carbonyl (C=O) groups excluding carboxylic acids is 1. The minimum atomic E-state index is -0.756. The molecule has 70 valence electrons. The summed E-state index contributed by atoms with van der Waals surface area (Å²) in [4.78, 5) is 18.5. The zero-order valence-corrected chi connectivity index (χ0v) is 7.14. The number of pyridine rings is 2. The Labute approximate surface area is 79.2 Å². The van der Waals surface area contributed by atoms with Gasteiger partial charge in [0.05, 0.1) is 11.7 Å². The van der Waals surface area contributed by atoms with Crippen LogP contribution in [0, 0.1) is 0 Å². The van der Waals surface area contributed by atoms with Crippen molar-refractivity contribution >= 4 is 16.8 Å². The Hall–Kier alpha value is -2.17. The van der Waals surface area contributed by atoms with Crippen LogP contribution in [0.1, 0.15) is 10.5 Å². The topological polar surface area (TPSA) is 89.1 Å². The Morgan fingerprint density at radius 1 is 1.43 bits per heavy atom. The van der Waals surface area contributed by atoms with E-state index in [9.17, 15) is 9.90 Å². The van der Waals surface area contributed by atoms with E-state index < -0.39 is 5.91 Å². The van der Waals surface area contributed by atoms with E-state index in [0.717, 1.165) is 0 Å². The van der Waals surface area contributed by atoms with Crippen LogP contribution in [0.3, 0.4) is 0 Å². The largest absolute Gasteiger partial charge is 0.505 e. The quantitative estimate of drug-likeness (QED) is 0.680. The molecule has 0 aliphatic carbocycles. The molecule has 1 amide bonds. The first kappa shape index (κ1) is 8.43. The molecule has 0 saturated carbocycles. The predicted molar refractivity (Wildman–Crippen MR) is 49.7 cm³/mol. The monoisotopic (exact) mass is 189 g/mol. The van der Waals surface area contributed by atoms with Crippen molar-refractivity contribution in [2.24, 2.45) is 5.73 Å². The molecule has 2 heterocycles. The van der Waals surface area contributed by atoms with Crippen molar-refractivity contribution in [3.63, 3.8) is 0 Å². The number of hydrogen-bond acceptors (Lipinski definition) is 4. The van der Waals surface area contributed by atoms with E-state index in [4.69, 9.17) is 5.73 Å². The van der Waals surface area contributed by atoms with Crippen molar-refractivity contribution in [1.29, 1.82) is 0 Å². The summed E-state index contributed by atoms with van der Waals surface area (Å²) in [5.41, 5.74) is 5.41. The second kappa shape index (κ2) is 2.95. The molecule has 3 N–H and O–H groups in total. The number of aromatic hydroxyl groups is 1. The lowest BCUT2D eigenvalue weighted by molar-refractivity contribution is 0.0993. The van der Waals surface area contributed by atoms with Gasteiger partial charge in [-0.3, -0.25) is 9.78 Å². The molecule has 0 saturated heterocycles. The number of hydrogen-bond donors (Lipinski definition) is 2. The standard InChI is InChI=1S/C9H7N3O2/c10-9(14)7-8(13)5-2-1-3-11-6(5)4-12-7/h1-4,13H,(H2,10,14). The van der Waals surface area contributed by atoms with Gasteiger partial charge < -0.3 is 10.8 Å². The highest BCUT2D eigenvalue weighted by Gasteiger charge is 2.12. The van der Waals surface area contributed by atoms with Gasteiger partial charge in [0.2, 0.25) is 0 Å². The first-order valence-electron chi connectivity index (χ1n) is 3.92. The molecule has 0 unspecified atom stereocenters. The number of aromatic nitrogens is 2. The van der Waals surface area contributed by atoms with E-state index in [1.54, 1.807) is 18.3 Å². The highest BCUT2D eigenvalue weighted by Crippen LogP contribution is 2.24. The van der Waals surface area contributed by atoms with Crippen LogP contribution < -0.4 is 5.73 Å². The molecule has 0 radical (unpaired) electrons. The molecule has 5 heteroatoms. The second-order valence-corrected chi connectivity index (χ2v) is 2.76. The smallest absolute Gasteiger partial charge is 0.271 e.